The normalized spacial score (nSPS) is 24.3. The van der Waals surface area contributed by atoms with Crippen LogP contribution in [0.25, 0.3) is 11.1 Å². The Morgan fingerprint density at radius 3 is 2.60 bits per heavy atom. The van der Waals surface area contributed by atoms with Crippen LogP contribution in [0.4, 0.5) is 0 Å². The Balaban J connectivity index is 1.63. The fraction of sp³-hybridized carbons (Fsp3) is 0.516. The second-order valence-electron chi connectivity index (χ2n) is 11.2. The molecule has 1 saturated heterocycles. The molecule has 2 aromatic rings. The van der Waals surface area contributed by atoms with Crippen LogP contribution < -0.4 is 21.1 Å². The fourth-order valence-electron chi connectivity index (χ4n) is 5.38. The number of unbranched alkanes of at least 4 members (excludes halogenated alkanes) is 1. The van der Waals surface area contributed by atoms with Gasteiger partial charge in [0, 0.05) is 44.0 Å². The van der Waals surface area contributed by atoms with Crippen molar-refractivity contribution in [1.29, 1.82) is 0 Å². The van der Waals surface area contributed by atoms with Gasteiger partial charge in [-0.3, -0.25) is 24.2 Å². The maximum Gasteiger partial charge on any atom is 0.253 e. The average Bonchev–Trinajstić information content (AvgIpc) is 3.47. The summed E-state index contributed by atoms with van der Waals surface area (Å²) in [5, 5.41) is 5.54. The first-order valence-corrected chi connectivity index (χ1v) is 14.7. The van der Waals surface area contributed by atoms with E-state index in [1.165, 1.54) is 11.1 Å². The predicted molar refractivity (Wildman–Crippen MR) is 159 cm³/mol. The van der Waals surface area contributed by atoms with E-state index >= 15 is 0 Å². The van der Waals surface area contributed by atoms with E-state index in [1.54, 1.807) is 26.2 Å². The van der Waals surface area contributed by atoms with E-state index < -0.39 is 23.9 Å². The lowest BCUT2D eigenvalue weighted by Crippen LogP contribution is -2.54. The van der Waals surface area contributed by atoms with Gasteiger partial charge in [0.05, 0.1) is 11.6 Å². The Hall–Kier alpha value is -3.99. The zero-order valence-electron chi connectivity index (χ0n) is 24.7. The number of nitrogens with one attached hydrogen (secondary N) is 2. The smallest absolute Gasteiger partial charge is 0.253 e. The van der Waals surface area contributed by atoms with Gasteiger partial charge in [-0.05, 0) is 76.3 Å². The lowest BCUT2D eigenvalue weighted by Gasteiger charge is -2.32. The van der Waals surface area contributed by atoms with Crippen molar-refractivity contribution in [3.63, 3.8) is 0 Å². The number of pyridine rings is 1. The Morgan fingerprint density at radius 1 is 1.02 bits per heavy atom. The largest absolute Gasteiger partial charge is 0.491 e. The number of nitrogens with zero attached hydrogens (tertiary/aromatic N) is 3. The lowest BCUT2D eigenvalue weighted by atomic mass is 10.0. The van der Waals surface area contributed by atoms with Crippen molar-refractivity contribution in [2.45, 2.75) is 76.5 Å². The zero-order chi connectivity index (χ0) is 30.2. The first-order chi connectivity index (χ1) is 20.2. The molecule has 4 bridgehead atoms. The Labute approximate surface area is 247 Å². The van der Waals surface area contributed by atoms with E-state index in [0.717, 1.165) is 24.0 Å². The molecule has 0 spiro atoms. The highest BCUT2D eigenvalue weighted by Gasteiger charge is 2.33. The number of fused-ring (bicyclic) bond motifs is 6. The molecule has 1 aromatic carbocycles. The van der Waals surface area contributed by atoms with Crippen LogP contribution >= 0.6 is 0 Å². The third-order valence-corrected chi connectivity index (χ3v) is 8.09. The first-order valence-electron chi connectivity index (χ1n) is 14.7. The average molecular weight is 579 g/mol. The van der Waals surface area contributed by atoms with Gasteiger partial charge in [-0.25, -0.2) is 0 Å². The SMILES string of the molecule is C[C@@H]1CC(=O)N2CCC[C@H]2COc2cccc(c2)-c2cncc(c2)C(=O)N[C@H](C)C(=O)N[C@@H](CCCCN)C(=O)N1C. The molecular weight excluding hydrogens is 536 g/mol. The highest BCUT2D eigenvalue weighted by Crippen LogP contribution is 2.26. The molecule has 3 heterocycles. The molecule has 4 N–H and O–H groups in total. The molecule has 4 amide bonds. The maximum absolute atomic E-state index is 13.6. The van der Waals surface area contributed by atoms with Crippen LogP contribution in [0.15, 0.2) is 42.7 Å². The van der Waals surface area contributed by atoms with Crippen molar-refractivity contribution in [2.24, 2.45) is 5.73 Å². The van der Waals surface area contributed by atoms with Gasteiger partial charge in [-0.2, -0.15) is 0 Å². The number of amides is 4. The Morgan fingerprint density at radius 2 is 1.81 bits per heavy atom. The van der Waals surface area contributed by atoms with E-state index in [4.69, 9.17) is 10.5 Å². The standard InChI is InChI=1S/C31H42N6O5/c1-20-14-28(38)37-13-7-9-25(37)19-42-26-10-6-8-22(16-26)23-15-24(18-33-17-23)30(40)34-21(2)29(39)35-27(11-4-5-12-32)31(41)36(20)3/h6,8,10,15-18,20-21,25,27H,4-5,7,9,11-14,19,32H2,1-3H3,(H,34,40)(H,35,39)/t20-,21-,25+,27+/m1/s1. The summed E-state index contributed by atoms with van der Waals surface area (Å²) in [7, 11) is 1.65. The molecule has 11 nitrogen and oxygen atoms in total. The molecule has 2 aliphatic rings. The molecule has 4 atom stereocenters. The molecule has 1 fully saturated rings. The molecule has 42 heavy (non-hydrogen) atoms. The number of aromatic nitrogens is 1. The van der Waals surface area contributed by atoms with Crippen LogP contribution in [0.1, 0.15) is 62.7 Å². The van der Waals surface area contributed by atoms with E-state index in [2.05, 4.69) is 15.6 Å². The van der Waals surface area contributed by atoms with Crippen LogP contribution in [0, 0.1) is 0 Å². The summed E-state index contributed by atoms with van der Waals surface area (Å²) in [6.45, 7) is 4.88. The van der Waals surface area contributed by atoms with Crippen LogP contribution in [-0.2, 0) is 14.4 Å². The van der Waals surface area contributed by atoms with Gasteiger partial charge in [0.25, 0.3) is 5.91 Å². The van der Waals surface area contributed by atoms with E-state index in [9.17, 15) is 19.2 Å². The van der Waals surface area contributed by atoms with Crippen molar-refractivity contribution < 1.29 is 23.9 Å². The third-order valence-electron chi connectivity index (χ3n) is 8.09. The molecule has 1 aromatic heterocycles. The van der Waals surface area contributed by atoms with Crippen molar-refractivity contribution >= 4 is 23.6 Å². The number of nitrogens with two attached hydrogens (primary N) is 1. The summed E-state index contributed by atoms with van der Waals surface area (Å²) in [6, 6.07) is 7.05. The van der Waals surface area contributed by atoms with Gasteiger partial charge in [0.1, 0.15) is 24.4 Å². The topological polar surface area (TPSA) is 147 Å². The van der Waals surface area contributed by atoms with Gasteiger partial charge >= 0.3 is 0 Å². The van der Waals surface area contributed by atoms with Crippen LogP contribution in [0.5, 0.6) is 5.75 Å². The van der Waals surface area contributed by atoms with E-state index in [1.807, 2.05) is 36.1 Å². The highest BCUT2D eigenvalue weighted by molar-refractivity contribution is 5.98. The zero-order valence-corrected chi connectivity index (χ0v) is 24.7. The number of rotatable bonds is 4. The van der Waals surface area contributed by atoms with Crippen LogP contribution in [0.3, 0.4) is 0 Å². The molecule has 0 radical (unpaired) electrons. The summed E-state index contributed by atoms with van der Waals surface area (Å²) in [5.74, 6) is -0.608. The van der Waals surface area contributed by atoms with Crippen molar-refractivity contribution in [3.05, 3.63) is 48.3 Å². The van der Waals surface area contributed by atoms with Gasteiger partial charge in [-0.1, -0.05) is 12.1 Å². The minimum Gasteiger partial charge on any atom is -0.491 e. The lowest BCUT2D eigenvalue weighted by molar-refractivity contribution is -0.140. The van der Waals surface area contributed by atoms with Gasteiger partial charge < -0.3 is 30.9 Å². The van der Waals surface area contributed by atoms with Crippen LogP contribution in [0.2, 0.25) is 0 Å². The number of carbonyl (C=O) groups is 4. The van der Waals surface area contributed by atoms with E-state index in [-0.39, 0.29) is 30.3 Å². The molecule has 2 aliphatic heterocycles. The number of benzene rings is 1. The number of carbonyl (C=O) groups excluding carboxylic acids is 4. The monoisotopic (exact) mass is 578 g/mol. The molecule has 11 heteroatoms. The van der Waals surface area contributed by atoms with Crippen molar-refractivity contribution in [1.82, 2.24) is 25.4 Å². The molecule has 226 valence electrons. The van der Waals surface area contributed by atoms with E-state index in [0.29, 0.717) is 50.3 Å². The summed E-state index contributed by atoms with van der Waals surface area (Å²) in [5.41, 5.74) is 7.50. The number of hydrogen-bond acceptors (Lipinski definition) is 7. The summed E-state index contributed by atoms with van der Waals surface area (Å²) < 4.78 is 6.14. The predicted octanol–water partition coefficient (Wildman–Crippen LogP) is 2.10. The molecule has 4 rings (SSSR count). The minimum absolute atomic E-state index is 0.0316. The fourth-order valence-corrected chi connectivity index (χ4v) is 5.38. The molecule has 0 saturated carbocycles. The quantitative estimate of drug-likeness (QED) is 0.471. The molecular formula is C31H42N6O5. The third kappa shape index (κ3) is 7.64. The molecule has 0 unspecified atom stereocenters. The number of likely N-dealkylation sites (N-methyl/N-ethyl adjacent to an activating group) is 1. The second-order valence-corrected chi connectivity index (χ2v) is 11.2. The van der Waals surface area contributed by atoms with Gasteiger partial charge in [-0.15, -0.1) is 0 Å². The number of ether oxygens (including phenoxy) is 1. The molecule has 0 aliphatic carbocycles. The van der Waals surface area contributed by atoms with Crippen molar-refractivity contribution in [3.8, 4) is 16.9 Å². The number of hydrogen-bond donors (Lipinski definition) is 3. The summed E-state index contributed by atoms with van der Waals surface area (Å²) in [6.07, 6.45) is 6.72. The summed E-state index contributed by atoms with van der Waals surface area (Å²) in [4.78, 5) is 60.8. The first kappa shape index (κ1) is 31.0. The Kier molecular flexibility index (Phi) is 10.5. The highest BCUT2D eigenvalue weighted by atomic mass is 16.5. The second kappa shape index (κ2) is 14.3. The van der Waals surface area contributed by atoms with Gasteiger partial charge in [0.15, 0.2) is 0 Å². The minimum atomic E-state index is -0.909. The maximum atomic E-state index is 13.6. The van der Waals surface area contributed by atoms with Crippen LogP contribution in [-0.4, -0.2) is 89.3 Å². The van der Waals surface area contributed by atoms with Crippen molar-refractivity contribution in [2.75, 3.05) is 26.7 Å². The van der Waals surface area contributed by atoms with Gasteiger partial charge in [0.2, 0.25) is 17.7 Å². The Bertz CT molecular complexity index is 1290. The summed E-state index contributed by atoms with van der Waals surface area (Å²) >= 11 is 0.